The second-order valence-electron chi connectivity index (χ2n) is 8.18. The lowest BCUT2D eigenvalue weighted by Gasteiger charge is -2.58. The summed E-state index contributed by atoms with van der Waals surface area (Å²) in [6.45, 7) is 4.36. The summed E-state index contributed by atoms with van der Waals surface area (Å²) in [5.41, 5.74) is -0.152. The van der Waals surface area contributed by atoms with E-state index in [0.29, 0.717) is 23.2 Å². The molecule has 3 heteroatoms. The fraction of sp³-hybridized carbons (Fsp3) is 0.941. The van der Waals surface area contributed by atoms with Crippen molar-refractivity contribution in [2.24, 2.45) is 28.6 Å². The monoisotopic (exact) mass is 280 g/mol. The maximum atomic E-state index is 11.5. The molecule has 0 amide bonds. The zero-order chi connectivity index (χ0) is 14.5. The van der Waals surface area contributed by atoms with Crippen molar-refractivity contribution in [1.82, 2.24) is 0 Å². The zero-order valence-electron chi connectivity index (χ0n) is 12.8. The van der Waals surface area contributed by atoms with Crippen LogP contribution >= 0.6 is 0 Å². The molecule has 3 nitrogen and oxygen atoms in total. The van der Waals surface area contributed by atoms with Gasteiger partial charge in [0.2, 0.25) is 0 Å². The molecule has 0 aromatic rings. The zero-order valence-corrected chi connectivity index (χ0v) is 12.8. The first-order valence-electron chi connectivity index (χ1n) is 8.27. The molecule has 5 unspecified atom stereocenters. The third-order valence-electron chi connectivity index (χ3n) is 7.04. The highest BCUT2D eigenvalue weighted by atomic mass is 16.4. The van der Waals surface area contributed by atoms with Gasteiger partial charge in [0, 0.05) is 0 Å². The van der Waals surface area contributed by atoms with Crippen LogP contribution in [0.4, 0.5) is 0 Å². The molecule has 3 rings (SSSR count). The van der Waals surface area contributed by atoms with Crippen molar-refractivity contribution in [3.05, 3.63) is 0 Å². The van der Waals surface area contributed by atoms with Gasteiger partial charge in [-0.1, -0.05) is 6.92 Å². The van der Waals surface area contributed by atoms with E-state index in [0.717, 1.165) is 38.5 Å². The predicted octanol–water partition coefficient (Wildman–Crippen LogP) is 3.45. The van der Waals surface area contributed by atoms with Crippen LogP contribution in [0.15, 0.2) is 0 Å². The highest BCUT2D eigenvalue weighted by Crippen LogP contribution is 2.61. The van der Waals surface area contributed by atoms with E-state index >= 15 is 0 Å². The molecule has 3 fully saturated rings. The summed E-state index contributed by atoms with van der Waals surface area (Å²) in [4.78, 5) is 11.5. The maximum Gasteiger partial charge on any atom is 0.309 e. The molecule has 6 atom stereocenters. The van der Waals surface area contributed by atoms with E-state index in [4.69, 9.17) is 0 Å². The molecule has 0 spiro atoms. The first-order valence-corrected chi connectivity index (χ1v) is 8.27. The van der Waals surface area contributed by atoms with Crippen molar-refractivity contribution in [1.29, 1.82) is 0 Å². The van der Waals surface area contributed by atoms with E-state index in [-0.39, 0.29) is 6.10 Å². The Hall–Kier alpha value is -0.570. The summed E-state index contributed by atoms with van der Waals surface area (Å²) in [5, 5.41) is 19.4. The summed E-state index contributed by atoms with van der Waals surface area (Å²) in [5.74, 6) is 1.31. The van der Waals surface area contributed by atoms with Crippen molar-refractivity contribution in [2.45, 2.75) is 71.3 Å². The fourth-order valence-corrected chi connectivity index (χ4v) is 5.65. The number of hydrogen-bond donors (Lipinski definition) is 2. The first-order chi connectivity index (χ1) is 9.35. The van der Waals surface area contributed by atoms with Gasteiger partial charge >= 0.3 is 5.97 Å². The number of aliphatic carboxylic acids is 1. The Morgan fingerprint density at radius 1 is 1.10 bits per heavy atom. The van der Waals surface area contributed by atoms with E-state index < -0.39 is 11.4 Å². The molecule has 2 N–H and O–H groups in total. The highest BCUT2D eigenvalue weighted by molar-refractivity contribution is 5.74. The number of fused-ring (bicyclic) bond motifs is 3. The van der Waals surface area contributed by atoms with Crippen LogP contribution in [0.3, 0.4) is 0 Å². The minimum absolute atomic E-state index is 0.0995. The molecule has 0 heterocycles. The molecule has 0 radical (unpaired) electrons. The topological polar surface area (TPSA) is 57.5 Å². The Kier molecular flexibility index (Phi) is 3.39. The number of aliphatic hydroxyl groups is 1. The summed E-state index contributed by atoms with van der Waals surface area (Å²) >= 11 is 0. The predicted molar refractivity (Wildman–Crippen MR) is 77.3 cm³/mol. The van der Waals surface area contributed by atoms with E-state index in [1.165, 1.54) is 12.8 Å². The van der Waals surface area contributed by atoms with Crippen LogP contribution in [0, 0.1) is 28.6 Å². The van der Waals surface area contributed by atoms with Crippen LogP contribution < -0.4 is 0 Å². The van der Waals surface area contributed by atoms with Gasteiger partial charge in [-0.2, -0.15) is 0 Å². The number of carboxylic acids is 1. The highest BCUT2D eigenvalue weighted by Gasteiger charge is 2.54. The van der Waals surface area contributed by atoms with Gasteiger partial charge in [0.25, 0.3) is 0 Å². The van der Waals surface area contributed by atoms with Crippen molar-refractivity contribution in [3.63, 3.8) is 0 Å². The lowest BCUT2D eigenvalue weighted by molar-refractivity contribution is -0.157. The van der Waals surface area contributed by atoms with Gasteiger partial charge in [0.05, 0.1) is 11.5 Å². The minimum Gasteiger partial charge on any atom is -0.481 e. The van der Waals surface area contributed by atoms with Crippen molar-refractivity contribution in [3.8, 4) is 0 Å². The van der Waals surface area contributed by atoms with Gasteiger partial charge in [0.1, 0.15) is 0 Å². The Labute approximate surface area is 121 Å². The molecular formula is C17H28O3. The van der Waals surface area contributed by atoms with E-state index in [2.05, 4.69) is 6.92 Å². The van der Waals surface area contributed by atoms with E-state index in [9.17, 15) is 15.0 Å². The quantitative estimate of drug-likeness (QED) is 0.773. The summed E-state index contributed by atoms with van der Waals surface area (Å²) < 4.78 is 0. The number of carbonyl (C=O) groups is 1. The molecule has 0 aromatic heterocycles. The van der Waals surface area contributed by atoms with Gasteiger partial charge in [0.15, 0.2) is 0 Å². The average molecular weight is 280 g/mol. The van der Waals surface area contributed by atoms with Crippen molar-refractivity contribution < 1.29 is 15.0 Å². The van der Waals surface area contributed by atoms with Gasteiger partial charge in [-0.15, -0.1) is 0 Å². The Morgan fingerprint density at radius 2 is 1.85 bits per heavy atom. The largest absolute Gasteiger partial charge is 0.481 e. The molecule has 114 valence electrons. The molecule has 3 aliphatic carbocycles. The van der Waals surface area contributed by atoms with Gasteiger partial charge in [-0.05, 0) is 81.5 Å². The Morgan fingerprint density at radius 3 is 2.55 bits per heavy atom. The van der Waals surface area contributed by atoms with Crippen LogP contribution in [0.2, 0.25) is 0 Å². The number of aliphatic hydroxyl groups excluding tert-OH is 1. The molecular weight excluding hydrogens is 252 g/mol. The second-order valence-corrected chi connectivity index (χ2v) is 8.18. The smallest absolute Gasteiger partial charge is 0.309 e. The number of hydrogen-bond acceptors (Lipinski definition) is 2. The summed E-state index contributed by atoms with van der Waals surface area (Å²) in [7, 11) is 0. The van der Waals surface area contributed by atoms with Crippen molar-refractivity contribution >= 4 is 5.97 Å². The van der Waals surface area contributed by atoms with E-state index in [1.54, 1.807) is 0 Å². The third-order valence-corrected chi connectivity index (χ3v) is 7.04. The molecule has 3 aliphatic rings. The number of rotatable bonds is 1. The van der Waals surface area contributed by atoms with Crippen LogP contribution in [-0.4, -0.2) is 22.3 Å². The van der Waals surface area contributed by atoms with Crippen molar-refractivity contribution in [2.75, 3.05) is 0 Å². The lowest BCUT2D eigenvalue weighted by atomic mass is 9.47. The maximum absolute atomic E-state index is 11.5. The molecule has 3 saturated carbocycles. The van der Waals surface area contributed by atoms with Crippen LogP contribution in [0.1, 0.15) is 65.2 Å². The van der Waals surface area contributed by atoms with Crippen LogP contribution in [0.25, 0.3) is 0 Å². The fourth-order valence-electron chi connectivity index (χ4n) is 5.65. The molecule has 0 aromatic carbocycles. The Balaban J connectivity index is 1.80. The molecule has 0 aliphatic heterocycles. The first kappa shape index (κ1) is 14.4. The van der Waals surface area contributed by atoms with E-state index in [1.807, 2.05) is 6.92 Å². The van der Waals surface area contributed by atoms with Gasteiger partial charge in [-0.25, -0.2) is 0 Å². The summed E-state index contributed by atoms with van der Waals surface area (Å²) in [6, 6.07) is 0. The summed E-state index contributed by atoms with van der Waals surface area (Å²) in [6.07, 6.45) is 8.04. The second kappa shape index (κ2) is 4.72. The van der Waals surface area contributed by atoms with Gasteiger partial charge in [-0.3, -0.25) is 4.79 Å². The SMILES string of the molecule is CC12CCC(O)CC1CCC1C[C@@](C)(C(=O)O)CCC12. The van der Waals surface area contributed by atoms with Crippen LogP contribution in [-0.2, 0) is 4.79 Å². The lowest BCUT2D eigenvalue weighted by Crippen LogP contribution is -2.51. The molecule has 20 heavy (non-hydrogen) atoms. The Bertz CT molecular complexity index is 407. The number of carboxylic acid groups (broad SMARTS) is 1. The van der Waals surface area contributed by atoms with Gasteiger partial charge < -0.3 is 10.2 Å². The molecule has 0 saturated heterocycles. The minimum atomic E-state index is -0.609. The third kappa shape index (κ3) is 2.09. The molecule has 0 bridgehead atoms. The standard InChI is InChI=1S/C17H28O3/c1-16(15(19)20)7-6-14-11(10-16)3-4-12-9-13(18)5-8-17(12,14)2/h11-14,18H,3-10H2,1-2H3,(H,19,20)/t11?,12?,13?,14?,16-,17?/m0/s1. The van der Waals surface area contributed by atoms with Crippen LogP contribution in [0.5, 0.6) is 0 Å². The average Bonchev–Trinajstić information content (AvgIpc) is 2.39. The normalized spacial score (nSPS) is 52.0.